The molecule has 3 aromatic carbocycles. The Kier molecular flexibility index (Phi) is 7.00. The molecule has 0 N–H and O–H groups in total. The minimum Gasteiger partial charge on any atom is -0.488 e. The molecule has 4 rings (SSSR count). The Bertz CT molecular complexity index is 1420. The topological polar surface area (TPSA) is 56.5 Å². The zero-order valence-electron chi connectivity index (χ0n) is 16.7. The molecule has 0 amide bonds. The number of aromatic nitrogens is 2. The highest BCUT2D eigenvalue weighted by Crippen LogP contribution is 2.26. The van der Waals surface area contributed by atoms with Crippen LogP contribution in [0.1, 0.15) is 17.0 Å². The monoisotopic (exact) mass is 593 g/mol. The first-order valence-electron chi connectivity index (χ1n) is 9.41. The van der Waals surface area contributed by atoms with Crippen LogP contribution in [0.4, 0.5) is 0 Å². The molecular weight excluding hydrogens is 581 g/mol. The number of aryl methyl sites for hydroxylation is 1. The molecule has 1 aromatic heterocycles. The molecule has 0 unspecified atom stereocenters. The van der Waals surface area contributed by atoms with Gasteiger partial charge in [0.1, 0.15) is 18.2 Å². The van der Waals surface area contributed by atoms with Crippen molar-refractivity contribution in [1.82, 2.24) is 9.66 Å². The number of rotatable bonds is 5. The summed E-state index contributed by atoms with van der Waals surface area (Å²) in [6, 6.07) is 16.2. The first-order valence-corrected chi connectivity index (χ1v) is 11.8. The van der Waals surface area contributed by atoms with Crippen LogP contribution in [0.15, 0.2) is 73.4 Å². The van der Waals surface area contributed by atoms with Crippen molar-refractivity contribution in [2.75, 3.05) is 0 Å². The van der Waals surface area contributed by atoms with Crippen molar-refractivity contribution in [3.63, 3.8) is 0 Å². The molecule has 0 spiro atoms. The Balaban J connectivity index is 1.67. The Morgan fingerprint density at radius 1 is 1.06 bits per heavy atom. The van der Waals surface area contributed by atoms with Crippen molar-refractivity contribution in [2.45, 2.75) is 13.5 Å². The van der Waals surface area contributed by atoms with Crippen LogP contribution in [0.2, 0.25) is 10.0 Å². The lowest BCUT2D eigenvalue weighted by molar-refractivity contribution is 0.306. The quantitative estimate of drug-likeness (QED) is 0.234. The van der Waals surface area contributed by atoms with Gasteiger partial charge in [0.15, 0.2) is 0 Å². The maximum Gasteiger partial charge on any atom is 0.282 e. The molecule has 1 heterocycles. The highest BCUT2D eigenvalue weighted by atomic mass is 79.9. The van der Waals surface area contributed by atoms with Gasteiger partial charge in [0.05, 0.1) is 17.1 Å². The Labute approximate surface area is 210 Å². The van der Waals surface area contributed by atoms with Gasteiger partial charge in [0.2, 0.25) is 0 Å². The van der Waals surface area contributed by atoms with Crippen LogP contribution in [0.25, 0.3) is 10.9 Å². The zero-order valence-corrected chi connectivity index (χ0v) is 21.3. The van der Waals surface area contributed by atoms with Gasteiger partial charge in [-0.15, -0.1) is 0 Å². The second-order valence-corrected chi connectivity index (χ2v) is 9.56. The lowest BCUT2D eigenvalue weighted by atomic mass is 10.2. The average molecular weight is 596 g/mol. The predicted molar refractivity (Wildman–Crippen MR) is 136 cm³/mol. The number of hydrogen-bond acceptors (Lipinski definition) is 4. The third-order valence-electron chi connectivity index (χ3n) is 4.65. The molecule has 9 heteroatoms. The Morgan fingerprint density at radius 3 is 2.59 bits per heavy atom. The van der Waals surface area contributed by atoms with Crippen LogP contribution in [0.3, 0.4) is 0 Å². The minimum absolute atomic E-state index is 0.253. The van der Waals surface area contributed by atoms with Gasteiger partial charge in [-0.25, -0.2) is 4.98 Å². The fourth-order valence-corrected chi connectivity index (χ4v) is 4.26. The lowest BCUT2D eigenvalue weighted by Crippen LogP contribution is -2.20. The summed E-state index contributed by atoms with van der Waals surface area (Å²) in [5.41, 5.74) is 1.85. The molecule has 162 valence electrons. The normalized spacial score (nSPS) is 11.4. The maximum atomic E-state index is 13.0. The molecule has 4 aromatic rings. The molecule has 0 saturated heterocycles. The van der Waals surface area contributed by atoms with Gasteiger partial charge in [-0.1, -0.05) is 61.1 Å². The number of halogens is 4. The summed E-state index contributed by atoms with van der Waals surface area (Å²) >= 11 is 19.1. The van der Waals surface area contributed by atoms with Crippen molar-refractivity contribution in [3.8, 4) is 5.75 Å². The van der Waals surface area contributed by atoms with E-state index in [1.54, 1.807) is 37.4 Å². The standard InChI is InChI=1S/C23H15Br2Cl2N3O2/c1-13-29-21-6-3-17(25)9-19(21)23(31)30(13)28-11-15-8-16(24)4-7-22(15)32-12-14-2-5-18(26)10-20(14)27/h2-11H,12H2,1H3. The number of nitrogens with zero attached hydrogens (tertiary/aromatic N) is 3. The van der Waals surface area contributed by atoms with Crippen LogP contribution in [-0.2, 0) is 6.61 Å². The molecule has 5 nitrogen and oxygen atoms in total. The van der Waals surface area contributed by atoms with Crippen LogP contribution in [0, 0.1) is 6.92 Å². The third-order valence-corrected chi connectivity index (χ3v) is 6.23. The van der Waals surface area contributed by atoms with Gasteiger partial charge in [-0.3, -0.25) is 4.79 Å². The van der Waals surface area contributed by atoms with Crippen molar-refractivity contribution in [1.29, 1.82) is 0 Å². The largest absolute Gasteiger partial charge is 0.488 e. The predicted octanol–water partition coefficient (Wildman–Crippen LogP) is 7.00. The third kappa shape index (κ3) is 5.07. The molecule has 0 aliphatic rings. The fraction of sp³-hybridized carbons (Fsp3) is 0.0870. The van der Waals surface area contributed by atoms with Crippen LogP contribution in [0.5, 0.6) is 5.75 Å². The molecule has 0 bridgehead atoms. The van der Waals surface area contributed by atoms with E-state index in [1.807, 2.05) is 30.3 Å². The number of ether oxygens (including phenoxy) is 1. The molecule has 0 saturated carbocycles. The second-order valence-electron chi connectivity index (χ2n) is 6.89. The van der Waals surface area contributed by atoms with Gasteiger partial charge >= 0.3 is 0 Å². The van der Waals surface area contributed by atoms with Crippen molar-refractivity contribution < 1.29 is 4.74 Å². The van der Waals surface area contributed by atoms with E-state index in [9.17, 15) is 4.79 Å². The Hall–Kier alpha value is -2.19. The van der Waals surface area contributed by atoms with E-state index >= 15 is 0 Å². The highest BCUT2D eigenvalue weighted by molar-refractivity contribution is 9.10. The number of hydrogen-bond donors (Lipinski definition) is 0. The van der Waals surface area contributed by atoms with Crippen molar-refractivity contribution in [2.24, 2.45) is 5.10 Å². The molecule has 0 aliphatic carbocycles. The first kappa shape index (κ1) is 23.0. The SMILES string of the molecule is Cc1nc2ccc(Br)cc2c(=O)n1N=Cc1cc(Br)ccc1OCc1ccc(Cl)cc1Cl. The van der Waals surface area contributed by atoms with Crippen LogP contribution in [-0.4, -0.2) is 15.9 Å². The summed E-state index contributed by atoms with van der Waals surface area (Å²) in [6.07, 6.45) is 1.57. The van der Waals surface area contributed by atoms with Crippen molar-refractivity contribution >= 4 is 72.2 Å². The maximum absolute atomic E-state index is 13.0. The molecule has 0 aliphatic heterocycles. The molecule has 32 heavy (non-hydrogen) atoms. The zero-order chi connectivity index (χ0) is 22.8. The van der Waals surface area contributed by atoms with Crippen LogP contribution < -0.4 is 10.3 Å². The smallest absolute Gasteiger partial charge is 0.282 e. The van der Waals surface area contributed by atoms with Gasteiger partial charge in [-0.05, 0) is 55.5 Å². The number of benzene rings is 3. The van der Waals surface area contributed by atoms with E-state index in [0.29, 0.717) is 38.1 Å². The fourth-order valence-electron chi connectivity index (χ4n) is 3.06. The van der Waals surface area contributed by atoms with Gasteiger partial charge in [-0.2, -0.15) is 9.78 Å². The van der Waals surface area contributed by atoms with E-state index in [1.165, 1.54) is 4.68 Å². The summed E-state index contributed by atoms with van der Waals surface area (Å²) in [6.45, 7) is 1.99. The summed E-state index contributed by atoms with van der Waals surface area (Å²) in [5.74, 6) is 1.07. The molecular formula is C23H15Br2Cl2N3O2. The summed E-state index contributed by atoms with van der Waals surface area (Å²) in [7, 11) is 0. The van der Waals surface area contributed by atoms with Crippen molar-refractivity contribution in [3.05, 3.63) is 101 Å². The lowest BCUT2D eigenvalue weighted by Gasteiger charge is -2.11. The van der Waals surface area contributed by atoms with E-state index < -0.39 is 0 Å². The Morgan fingerprint density at radius 2 is 1.81 bits per heavy atom. The van der Waals surface area contributed by atoms with E-state index in [0.717, 1.165) is 14.5 Å². The first-order chi connectivity index (χ1) is 15.3. The molecule has 0 fully saturated rings. The van der Waals surface area contributed by atoms with E-state index in [4.69, 9.17) is 27.9 Å². The van der Waals surface area contributed by atoms with Gasteiger partial charge in [0.25, 0.3) is 5.56 Å². The minimum atomic E-state index is -0.254. The molecule has 0 radical (unpaired) electrons. The summed E-state index contributed by atoms with van der Waals surface area (Å²) in [4.78, 5) is 17.5. The van der Waals surface area contributed by atoms with E-state index in [-0.39, 0.29) is 12.2 Å². The molecule has 0 atom stereocenters. The summed E-state index contributed by atoms with van der Waals surface area (Å²) in [5, 5.41) is 5.97. The average Bonchev–Trinajstić information content (AvgIpc) is 2.74. The highest BCUT2D eigenvalue weighted by Gasteiger charge is 2.10. The van der Waals surface area contributed by atoms with Gasteiger partial charge in [0, 0.05) is 30.1 Å². The summed E-state index contributed by atoms with van der Waals surface area (Å²) < 4.78 is 8.90. The van der Waals surface area contributed by atoms with Crippen LogP contribution >= 0.6 is 55.1 Å². The second kappa shape index (κ2) is 9.75. The van der Waals surface area contributed by atoms with E-state index in [2.05, 4.69) is 41.9 Å². The number of fused-ring (bicyclic) bond motifs is 1. The van der Waals surface area contributed by atoms with Gasteiger partial charge < -0.3 is 4.74 Å².